The van der Waals surface area contributed by atoms with Gasteiger partial charge in [0.15, 0.2) is 5.96 Å². The van der Waals surface area contributed by atoms with Crippen molar-refractivity contribution >= 4 is 29.9 Å². The summed E-state index contributed by atoms with van der Waals surface area (Å²) in [5.41, 5.74) is 0.929. The highest BCUT2D eigenvalue weighted by molar-refractivity contribution is 14.0. The molecule has 3 rings (SSSR count). The Kier molecular flexibility index (Phi) is 8.15. The first-order chi connectivity index (χ1) is 12.1. The van der Waals surface area contributed by atoms with Crippen LogP contribution in [0.1, 0.15) is 38.3 Å². The number of nitrogens with one attached hydrogen (secondary N) is 1. The van der Waals surface area contributed by atoms with Crippen molar-refractivity contribution < 1.29 is 9.63 Å². The Balaban J connectivity index is 0.00000243. The summed E-state index contributed by atoms with van der Waals surface area (Å²) in [6, 6.07) is 1.92. The van der Waals surface area contributed by atoms with Gasteiger partial charge in [-0.2, -0.15) is 0 Å². The highest BCUT2D eigenvalue weighted by Crippen LogP contribution is 2.35. The van der Waals surface area contributed by atoms with E-state index in [2.05, 4.69) is 32.2 Å². The number of aromatic nitrogens is 1. The van der Waals surface area contributed by atoms with Crippen molar-refractivity contribution in [2.75, 3.05) is 39.8 Å². The maximum Gasteiger partial charge on any atom is 0.193 e. The maximum absolute atomic E-state index is 10.4. The molecule has 2 N–H and O–H groups in total. The van der Waals surface area contributed by atoms with Gasteiger partial charge in [0, 0.05) is 57.8 Å². The quantitative estimate of drug-likeness (QED) is 0.392. The number of piperazine rings is 1. The van der Waals surface area contributed by atoms with Gasteiger partial charge in [-0.1, -0.05) is 24.9 Å². The van der Waals surface area contributed by atoms with Crippen LogP contribution in [0.3, 0.4) is 0 Å². The number of aliphatic hydroxyl groups is 1. The third kappa shape index (κ3) is 5.32. The number of guanidine groups is 1. The molecule has 2 heterocycles. The van der Waals surface area contributed by atoms with Gasteiger partial charge in [0.1, 0.15) is 6.26 Å². The zero-order valence-electron chi connectivity index (χ0n) is 15.9. The largest absolute Gasteiger partial charge is 0.392 e. The molecule has 2 aliphatic rings. The van der Waals surface area contributed by atoms with Crippen LogP contribution in [0.15, 0.2) is 21.8 Å². The van der Waals surface area contributed by atoms with E-state index in [0.717, 1.165) is 70.2 Å². The number of hydrogen-bond acceptors (Lipinski definition) is 5. The summed E-state index contributed by atoms with van der Waals surface area (Å²) in [5.74, 6) is 0.945. The molecular weight excluding hydrogens is 445 g/mol. The summed E-state index contributed by atoms with van der Waals surface area (Å²) >= 11 is 0. The molecule has 1 aromatic rings. The lowest BCUT2D eigenvalue weighted by molar-refractivity contribution is 0.00350. The fourth-order valence-corrected chi connectivity index (χ4v) is 3.87. The maximum atomic E-state index is 10.4. The molecular formula is C18H32IN5O2. The molecule has 7 nitrogen and oxygen atoms in total. The second kappa shape index (κ2) is 9.89. The summed E-state index contributed by atoms with van der Waals surface area (Å²) in [7, 11) is 1.84. The van der Waals surface area contributed by atoms with E-state index < -0.39 is 0 Å². The van der Waals surface area contributed by atoms with Crippen LogP contribution in [0.5, 0.6) is 0 Å². The zero-order valence-corrected chi connectivity index (χ0v) is 18.2. The Morgan fingerprint density at radius 1 is 1.38 bits per heavy atom. The van der Waals surface area contributed by atoms with Gasteiger partial charge in [-0.3, -0.25) is 9.89 Å². The van der Waals surface area contributed by atoms with Crippen molar-refractivity contribution in [1.29, 1.82) is 0 Å². The van der Waals surface area contributed by atoms with Crippen LogP contribution in [0.2, 0.25) is 0 Å². The number of aliphatic hydroxyl groups excluding tert-OH is 1. The molecule has 0 aromatic carbocycles. The van der Waals surface area contributed by atoms with Gasteiger partial charge in [-0.25, -0.2) is 0 Å². The zero-order chi connectivity index (χ0) is 17.7. The van der Waals surface area contributed by atoms with E-state index in [1.807, 2.05) is 13.1 Å². The molecule has 0 spiro atoms. The van der Waals surface area contributed by atoms with Gasteiger partial charge in [0.2, 0.25) is 0 Å². The predicted octanol–water partition coefficient (Wildman–Crippen LogP) is 1.93. The Bertz CT molecular complexity index is 560. The normalized spacial score (nSPS) is 27.9. The average Bonchev–Trinajstić information content (AvgIpc) is 3.13. The van der Waals surface area contributed by atoms with Crippen LogP contribution in [0.4, 0.5) is 0 Å². The Hall–Kier alpha value is -0.870. The highest BCUT2D eigenvalue weighted by Gasteiger charge is 2.35. The molecule has 1 aromatic heterocycles. The predicted molar refractivity (Wildman–Crippen MR) is 113 cm³/mol. The van der Waals surface area contributed by atoms with Gasteiger partial charge in [0.05, 0.1) is 11.8 Å². The van der Waals surface area contributed by atoms with Crippen molar-refractivity contribution in [2.45, 2.75) is 45.3 Å². The number of rotatable bonds is 4. The van der Waals surface area contributed by atoms with E-state index in [1.54, 1.807) is 6.26 Å². The molecule has 1 saturated carbocycles. The minimum absolute atomic E-state index is 0. The van der Waals surface area contributed by atoms with Crippen LogP contribution in [0, 0.1) is 5.41 Å². The standard InChI is InChI=1S/C18H31N5O2.HI/c1-18(7-4-3-5-16(18)24)14-20-17(19-2)23-10-8-22(9-11-23)13-15-6-12-25-21-15;/h6,12,16,24H,3-5,7-11,13-14H2,1-2H3,(H,19,20);1H. The van der Waals surface area contributed by atoms with Gasteiger partial charge in [0.25, 0.3) is 0 Å². The minimum Gasteiger partial charge on any atom is -0.392 e. The molecule has 1 aliphatic heterocycles. The van der Waals surface area contributed by atoms with E-state index in [-0.39, 0.29) is 35.5 Å². The lowest BCUT2D eigenvalue weighted by Gasteiger charge is -2.41. The van der Waals surface area contributed by atoms with Crippen molar-refractivity contribution in [3.05, 3.63) is 18.0 Å². The van der Waals surface area contributed by atoms with Gasteiger partial charge in [-0.15, -0.1) is 24.0 Å². The summed E-state index contributed by atoms with van der Waals surface area (Å²) < 4.78 is 4.90. The summed E-state index contributed by atoms with van der Waals surface area (Å²) in [6.07, 6.45) is 5.73. The van der Waals surface area contributed by atoms with Crippen molar-refractivity contribution in [3.8, 4) is 0 Å². The molecule has 0 radical (unpaired) electrons. The third-order valence-electron chi connectivity index (χ3n) is 5.69. The number of aliphatic imine (C=N–C) groups is 1. The first-order valence-corrected chi connectivity index (χ1v) is 9.36. The van der Waals surface area contributed by atoms with E-state index in [9.17, 15) is 5.11 Å². The lowest BCUT2D eigenvalue weighted by Crippen LogP contribution is -2.54. The first-order valence-electron chi connectivity index (χ1n) is 9.36. The van der Waals surface area contributed by atoms with Crippen LogP contribution < -0.4 is 5.32 Å². The molecule has 1 saturated heterocycles. The fraction of sp³-hybridized carbons (Fsp3) is 0.778. The molecule has 8 heteroatoms. The smallest absolute Gasteiger partial charge is 0.193 e. The van der Waals surface area contributed by atoms with Crippen molar-refractivity contribution in [3.63, 3.8) is 0 Å². The molecule has 0 bridgehead atoms. The summed E-state index contributed by atoms with van der Waals surface area (Å²) in [6.45, 7) is 7.64. The first kappa shape index (κ1) is 21.4. The topological polar surface area (TPSA) is 77.1 Å². The number of nitrogens with zero attached hydrogens (tertiary/aromatic N) is 4. The van der Waals surface area contributed by atoms with E-state index in [0.29, 0.717) is 0 Å². The molecule has 2 atom stereocenters. The number of halogens is 1. The SMILES string of the molecule is CN=C(NCC1(C)CCCCC1O)N1CCN(Cc2ccon2)CC1.I. The highest BCUT2D eigenvalue weighted by atomic mass is 127. The Labute approximate surface area is 173 Å². The van der Waals surface area contributed by atoms with Crippen LogP contribution >= 0.6 is 24.0 Å². The van der Waals surface area contributed by atoms with Gasteiger partial charge < -0.3 is 19.8 Å². The van der Waals surface area contributed by atoms with Crippen LogP contribution in [-0.4, -0.2) is 71.9 Å². The van der Waals surface area contributed by atoms with Crippen molar-refractivity contribution in [1.82, 2.24) is 20.3 Å². The molecule has 2 fully saturated rings. The molecule has 1 aliphatic carbocycles. The fourth-order valence-electron chi connectivity index (χ4n) is 3.87. The summed E-state index contributed by atoms with van der Waals surface area (Å²) in [5, 5.41) is 17.9. The minimum atomic E-state index is -0.217. The molecule has 2 unspecified atom stereocenters. The van der Waals surface area contributed by atoms with Gasteiger partial charge >= 0.3 is 0 Å². The average molecular weight is 477 g/mol. The second-order valence-corrected chi connectivity index (χ2v) is 7.57. The van der Waals surface area contributed by atoms with E-state index in [4.69, 9.17) is 4.52 Å². The molecule has 0 amide bonds. The lowest BCUT2D eigenvalue weighted by atomic mass is 9.73. The van der Waals surface area contributed by atoms with Crippen LogP contribution in [0.25, 0.3) is 0 Å². The van der Waals surface area contributed by atoms with E-state index in [1.165, 1.54) is 6.42 Å². The monoisotopic (exact) mass is 477 g/mol. The van der Waals surface area contributed by atoms with Crippen LogP contribution in [-0.2, 0) is 6.54 Å². The second-order valence-electron chi connectivity index (χ2n) is 7.57. The molecule has 26 heavy (non-hydrogen) atoms. The third-order valence-corrected chi connectivity index (χ3v) is 5.69. The number of hydrogen-bond donors (Lipinski definition) is 2. The van der Waals surface area contributed by atoms with E-state index >= 15 is 0 Å². The van der Waals surface area contributed by atoms with Crippen molar-refractivity contribution in [2.24, 2.45) is 10.4 Å². The Morgan fingerprint density at radius 3 is 2.77 bits per heavy atom. The molecule has 148 valence electrons. The summed E-state index contributed by atoms with van der Waals surface area (Å²) in [4.78, 5) is 9.14. The van der Waals surface area contributed by atoms with Gasteiger partial charge in [-0.05, 0) is 12.8 Å². The Morgan fingerprint density at radius 2 is 2.15 bits per heavy atom.